The van der Waals surface area contributed by atoms with Crippen molar-refractivity contribution in [2.75, 3.05) is 0 Å². The molecule has 1 aliphatic rings. The Morgan fingerprint density at radius 3 is 2.93 bits per heavy atom. The summed E-state index contributed by atoms with van der Waals surface area (Å²) in [6.07, 6.45) is 0.807. The monoisotopic (exact) mass is 224 g/mol. The number of hydrogen-bond acceptors (Lipinski definition) is 2. The molecule has 80 valence electrons. The molecule has 0 aliphatic heterocycles. The van der Waals surface area contributed by atoms with Crippen molar-refractivity contribution in [2.45, 2.75) is 19.0 Å². The first-order valence-corrected chi connectivity index (χ1v) is 5.32. The topological polar surface area (TPSA) is 55.1 Å². The van der Waals surface area contributed by atoms with Gasteiger partial charge in [-0.05, 0) is 24.1 Å². The van der Waals surface area contributed by atoms with E-state index in [9.17, 15) is 4.79 Å². The third kappa shape index (κ3) is 2.70. The van der Waals surface area contributed by atoms with Crippen molar-refractivity contribution in [1.29, 1.82) is 0 Å². The molecule has 2 rings (SSSR count). The maximum Gasteiger partial charge on any atom is 0.225 e. The largest absolute Gasteiger partial charge is 0.352 e. The molecule has 0 bridgehead atoms. The first kappa shape index (κ1) is 10.5. The summed E-state index contributed by atoms with van der Waals surface area (Å²) in [6, 6.07) is 7.51. The van der Waals surface area contributed by atoms with Crippen LogP contribution >= 0.6 is 11.6 Å². The van der Waals surface area contributed by atoms with E-state index in [0.29, 0.717) is 11.6 Å². The van der Waals surface area contributed by atoms with Gasteiger partial charge in [-0.25, -0.2) is 0 Å². The lowest BCUT2D eigenvalue weighted by Gasteiger charge is -2.04. The second-order valence-corrected chi connectivity index (χ2v) is 4.29. The Morgan fingerprint density at radius 1 is 1.60 bits per heavy atom. The van der Waals surface area contributed by atoms with Crippen LogP contribution in [-0.4, -0.2) is 11.9 Å². The van der Waals surface area contributed by atoms with Gasteiger partial charge in [0.15, 0.2) is 0 Å². The Bertz CT molecular complexity index is 381. The minimum absolute atomic E-state index is 0.0178. The van der Waals surface area contributed by atoms with Gasteiger partial charge in [-0.2, -0.15) is 0 Å². The predicted octanol–water partition coefficient (Wildman–Crippen LogP) is 1.30. The minimum atomic E-state index is 0.0178. The van der Waals surface area contributed by atoms with E-state index in [0.717, 1.165) is 12.0 Å². The summed E-state index contributed by atoms with van der Waals surface area (Å²) in [5, 5.41) is 3.53. The van der Waals surface area contributed by atoms with Crippen molar-refractivity contribution in [1.82, 2.24) is 5.32 Å². The van der Waals surface area contributed by atoms with E-state index in [1.165, 1.54) is 0 Å². The van der Waals surface area contributed by atoms with E-state index in [1.54, 1.807) is 0 Å². The van der Waals surface area contributed by atoms with Crippen LogP contribution in [0, 0.1) is 5.92 Å². The summed E-state index contributed by atoms with van der Waals surface area (Å²) in [4.78, 5) is 11.4. The zero-order chi connectivity index (χ0) is 10.8. The van der Waals surface area contributed by atoms with Gasteiger partial charge in [0.1, 0.15) is 0 Å². The normalized spacial score (nSPS) is 23.6. The van der Waals surface area contributed by atoms with Crippen molar-refractivity contribution in [3.8, 4) is 0 Å². The maximum absolute atomic E-state index is 11.4. The molecule has 1 fully saturated rings. The molecule has 1 aromatic carbocycles. The first-order chi connectivity index (χ1) is 7.16. The second-order valence-electron chi connectivity index (χ2n) is 3.85. The van der Waals surface area contributed by atoms with Gasteiger partial charge in [0, 0.05) is 17.6 Å². The smallest absolute Gasteiger partial charge is 0.225 e. The molecule has 0 aromatic heterocycles. The van der Waals surface area contributed by atoms with Crippen LogP contribution < -0.4 is 11.1 Å². The number of amides is 1. The van der Waals surface area contributed by atoms with Gasteiger partial charge in [0.2, 0.25) is 5.91 Å². The molecular formula is C11H13ClN2O. The van der Waals surface area contributed by atoms with Gasteiger partial charge < -0.3 is 11.1 Å². The summed E-state index contributed by atoms with van der Waals surface area (Å²) in [7, 11) is 0. The summed E-state index contributed by atoms with van der Waals surface area (Å²) >= 11 is 5.83. The summed E-state index contributed by atoms with van der Waals surface area (Å²) in [5.74, 6) is 0.0617. The van der Waals surface area contributed by atoms with Crippen LogP contribution in [0.2, 0.25) is 5.02 Å². The fraction of sp³-hybridized carbons (Fsp3) is 0.364. The number of rotatable bonds is 3. The molecule has 15 heavy (non-hydrogen) atoms. The minimum Gasteiger partial charge on any atom is -0.352 e. The van der Waals surface area contributed by atoms with E-state index in [2.05, 4.69) is 5.32 Å². The van der Waals surface area contributed by atoms with Crippen LogP contribution in [0.4, 0.5) is 0 Å². The Hall–Kier alpha value is -1.06. The molecule has 1 aromatic rings. The molecule has 1 saturated carbocycles. The molecule has 1 amide bonds. The van der Waals surface area contributed by atoms with Crippen molar-refractivity contribution in [2.24, 2.45) is 11.7 Å². The lowest BCUT2D eigenvalue weighted by atomic mass is 10.2. The molecule has 0 heterocycles. The molecular weight excluding hydrogens is 212 g/mol. The SMILES string of the molecule is NC1CC1C(=O)NCc1cccc(Cl)c1. The van der Waals surface area contributed by atoms with E-state index < -0.39 is 0 Å². The van der Waals surface area contributed by atoms with Gasteiger partial charge in [-0.3, -0.25) is 4.79 Å². The molecule has 2 unspecified atom stereocenters. The van der Waals surface area contributed by atoms with Crippen molar-refractivity contribution in [3.63, 3.8) is 0 Å². The predicted molar refractivity (Wildman–Crippen MR) is 59.4 cm³/mol. The van der Waals surface area contributed by atoms with Crippen LogP contribution in [0.1, 0.15) is 12.0 Å². The van der Waals surface area contributed by atoms with Gasteiger partial charge in [0.25, 0.3) is 0 Å². The average Bonchev–Trinajstić information content (AvgIpc) is 2.92. The van der Waals surface area contributed by atoms with E-state index >= 15 is 0 Å². The Balaban J connectivity index is 1.85. The molecule has 4 heteroatoms. The highest BCUT2D eigenvalue weighted by atomic mass is 35.5. The van der Waals surface area contributed by atoms with Gasteiger partial charge >= 0.3 is 0 Å². The van der Waals surface area contributed by atoms with E-state index in [1.807, 2.05) is 24.3 Å². The van der Waals surface area contributed by atoms with Crippen LogP contribution in [-0.2, 0) is 11.3 Å². The number of carbonyl (C=O) groups is 1. The van der Waals surface area contributed by atoms with Gasteiger partial charge in [0.05, 0.1) is 5.92 Å². The summed E-state index contributed by atoms with van der Waals surface area (Å²) < 4.78 is 0. The molecule has 3 N–H and O–H groups in total. The fourth-order valence-electron chi connectivity index (χ4n) is 1.48. The Morgan fingerprint density at radius 2 is 2.33 bits per heavy atom. The van der Waals surface area contributed by atoms with Crippen LogP contribution in [0.3, 0.4) is 0 Å². The number of carbonyl (C=O) groups excluding carboxylic acids is 1. The Labute approximate surface area is 93.6 Å². The van der Waals surface area contributed by atoms with Crippen LogP contribution in [0.5, 0.6) is 0 Å². The molecule has 3 nitrogen and oxygen atoms in total. The lowest BCUT2D eigenvalue weighted by molar-refractivity contribution is -0.122. The highest BCUT2D eigenvalue weighted by molar-refractivity contribution is 6.30. The number of nitrogens with two attached hydrogens (primary N) is 1. The third-order valence-corrected chi connectivity index (χ3v) is 2.77. The first-order valence-electron chi connectivity index (χ1n) is 4.94. The van der Waals surface area contributed by atoms with Crippen molar-refractivity contribution in [3.05, 3.63) is 34.9 Å². The number of benzene rings is 1. The number of nitrogens with one attached hydrogen (secondary N) is 1. The van der Waals surface area contributed by atoms with E-state index in [4.69, 9.17) is 17.3 Å². The molecule has 0 radical (unpaired) electrons. The molecule has 0 spiro atoms. The fourth-order valence-corrected chi connectivity index (χ4v) is 1.70. The second kappa shape index (κ2) is 4.21. The Kier molecular flexibility index (Phi) is 2.93. The molecule has 1 aliphatic carbocycles. The highest BCUT2D eigenvalue weighted by Gasteiger charge is 2.39. The lowest BCUT2D eigenvalue weighted by Crippen LogP contribution is -2.26. The summed E-state index contributed by atoms with van der Waals surface area (Å²) in [5.41, 5.74) is 6.58. The van der Waals surface area contributed by atoms with Gasteiger partial charge in [-0.1, -0.05) is 23.7 Å². The number of hydrogen-bond donors (Lipinski definition) is 2. The van der Waals surface area contributed by atoms with Crippen molar-refractivity contribution < 1.29 is 4.79 Å². The highest BCUT2D eigenvalue weighted by Crippen LogP contribution is 2.27. The zero-order valence-corrected chi connectivity index (χ0v) is 9.00. The molecule has 2 atom stereocenters. The third-order valence-electron chi connectivity index (χ3n) is 2.53. The number of halogens is 1. The van der Waals surface area contributed by atoms with Crippen molar-refractivity contribution >= 4 is 17.5 Å². The average molecular weight is 225 g/mol. The maximum atomic E-state index is 11.4. The van der Waals surface area contributed by atoms with Crippen LogP contribution in [0.25, 0.3) is 0 Å². The molecule has 0 saturated heterocycles. The standard InChI is InChI=1S/C11H13ClN2O/c12-8-3-1-2-7(4-8)6-14-11(15)9-5-10(9)13/h1-4,9-10H,5-6,13H2,(H,14,15). The van der Waals surface area contributed by atoms with Crippen LogP contribution in [0.15, 0.2) is 24.3 Å². The quantitative estimate of drug-likeness (QED) is 0.813. The van der Waals surface area contributed by atoms with Gasteiger partial charge in [-0.15, -0.1) is 0 Å². The zero-order valence-electron chi connectivity index (χ0n) is 8.24. The summed E-state index contributed by atoms with van der Waals surface area (Å²) in [6.45, 7) is 0.516. The van der Waals surface area contributed by atoms with E-state index in [-0.39, 0.29) is 17.9 Å².